The van der Waals surface area contributed by atoms with Gasteiger partial charge in [0.05, 0.1) is 16.5 Å². The predicted octanol–water partition coefficient (Wildman–Crippen LogP) is 4.67. The number of para-hydroxylation sites is 1. The first kappa shape index (κ1) is 21.5. The lowest BCUT2D eigenvalue weighted by molar-refractivity contribution is -0.128. The summed E-state index contributed by atoms with van der Waals surface area (Å²) >= 11 is 7.65. The number of halogens is 1. The van der Waals surface area contributed by atoms with Gasteiger partial charge in [-0.25, -0.2) is 9.97 Å². The average molecular weight is 455 g/mol. The molecule has 4 rings (SSSR count). The second-order valence-electron chi connectivity index (χ2n) is 7.19. The average Bonchev–Trinajstić information content (AvgIpc) is 2.80. The van der Waals surface area contributed by atoms with E-state index in [1.807, 2.05) is 60.4 Å². The van der Waals surface area contributed by atoms with E-state index < -0.39 is 0 Å². The summed E-state index contributed by atoms with van der Waals surface area (Å²) in [5.41, 5.74) is 2.17. The number of carbonyl (C=O) groups excluding carboxylic acids is 1. The van der Waals surface area contributed by atoms with Crippen molar-refractivity contribution in [3.05, 3.63) is 71.5 Å². The lowest BCUT2D eigenvalue weighted by Crippen LogP contribution is -2.49. The summed E-state index contributed by atoms with van der Waals surface area (Å²) in [5.74, 6) is 1.47. The first-order valence-corrected chi connectivity index (χ1v) is 11.4. The molecule has 0 N–H and O–H groups in total. The van der Waals surface area contributed by atoms with Crippen molar-refractivity contribution in [3.8, 4) is 11.6 Å². The summed E-state index contributed by atoms with van der Waals surface area (Å²) in [5, 5.41) is 1.34. The third kappa shape index (κ3) is 5.48. The molecule has 0 radical (unpaired) electrons. The van der Waals surface area contributed by atoms with Crippen LogP contribution in [-0.2, 0) is 4.79 Å². The molecule has 6 nitrogen and oxygen atoms in total. The van der Waals surface area contributed by atoms with Gasteiger partial charge in [0.2, 0.25) is 5.91 Å². The maximum absolute atomic E-state index is 12.8. The molecule has 3 aromatic rings. The molecular formula is C23H23ClN4O2S. The lowest BCUT2D eigenvalue weighted by Gasteiger charge is -2.36. The van der Waals surface area contributed by atoms with Gasteiger partial charge in [-0.15, -0.1) is 0 Å². The number of aryl methyl sites for hydroxylation is 1. The lowest BCUT2D eigenvalue weighted by atomic mass is 10.2. The van der Waals surface area contributed by atoms with Gasteiger partial charge in [0.25, 0.3) is 5.88 Å². The van der Waals surface area contributed by atoms with E-state index in [9.17, 15) is 4.79 Å². The van der Waals surface area contributed by atoms with Crippen molar-refractivity contribution in [1.82, 2.24) is 14.9 Å². The standard InChI is InChI=1S/C23H23ClN4O2S/c1-17-6-8-18(9-7-17)30-22-23(26-11-10-25-22)31-16-21(29)28-14-12-27(13-15-28)20-5-3-2-4-19(20)24/h2-11H,12-16H2,1H3. The van der Waals surface area contributed by atoms with Crippen LogP contribution in [0.1, 0.15) is 5.56 Å². The summed E-state index contributed by atoms with van der Waals surface area (Å²) in [6.07, 6.45) is 3.19. The molecule has 2 heterocycles. The van der Waals surface area contributed by atoms with E-state index >= 15 is 0 Å². The second-order valence-corrected chi connectivity index (χ2v) is 8.56. The number of aromatic nitrogens is 2. The molecule has 0 atom stereocenters. The molecule has 8 heteroatoms. The number of ether oxygens (including phenoxy) is 1. The van der Waals surface area contributed by atoms with Gasteiger partial charge in [0.1, 0.15) is 5.75 Å². The molecular weight excluding hydrogens is 432 g/mol. The van der Waals surface area contributed by atoms with Crippen molar-refractivity contribution in [2.75, 3.05) is 36.8 Å². The zero-order valence-electron chi connectivity index (χ0n) is 17.2. The number of hydrogen-bond donors (Lipinski definition) is 0. The van der Waals surface area contributed by atoms with Crippen LogP contribution < -0.4 is 9.64 Å². The Hall–Kier alpha value is -2.77. The van der Waals surface area contributed by atoms with Crippen LogP contribution in [0.2, 0.25) is 5.02 Å². The fraction of sp³-hybridized carbons (Fsp3) is 0.261. The summed E-state index contributed by atoms with van der Waals surface area (Å²) in [6, 6.07) is 15.5. The Labute approximate surface area is 191 Å². The number of benzene rings is 2. The summed E-state index contributed by atoms with van der Waals surface area (Å²) in [4.78, 5) is 25.5. The summed E-state index contributed by atoms with van der Waals surface area (Å²) in [7, 11) is 0. The van der Waals surface area contributed by atoms with Crippen LogP contribution in [0, 0.1) is 6.92 Å². The molecule has 160 valence electrons. The van der Waals surface area contributed by atoms with Gasteiger partial charge in [0, 0.05) is 38.6 Å². The van der Waals surface area contributed by atoms with Crippen molar-refractivity contribution in [3.63, 3.8) is 0 Å². The van der Waals surface area contributed by atoms with Gasteiger partial charge in [-0.3, -0.25) is 4.79 Å². The molecule has 0 aliphatic carbocycles. The molecule has 0 spiro atoms. The van der Waals surface area contributed by atoms with E-state index in [0.29, 0.717) is 29.7 Å². The topological polar surface area (TPSA) is 58.6 Å². The van der Waals surface area contributed by atoms with E-state index in [1.54, 1.807) is 12.4 Å². The first-order chi connectivity index (χ1) is 15.1. The van der Waals surface area contributed by atoms with Crippen molar-refractivity contribution in [2.45, 2.75) is 11.9 Å². The number of amides is 1. The first-order valence-electron chi connectivity index (χ1n) is 10.1. The van der Waals surface area contributed by atoms with Crippen molar-refractivity contribution in [2.24, 2.45) is 0 Å². The molecule has 31 heavy (non-hydrogen) atoms. The highest BCUT2D eigenvalue weighted by molar-refractivity contribution is 8.00. The predicted molar refractivity (Wildman–Crippen MR) is 124 cm³/mol. The minimum Gasteiger partial charge on any atom is -0.437 e. The maximum Gasteiger partial charge on any atom is 0.252 e. The van der Waals surface area contributed by atoms with Crippen molar-refractivity contribution >= 4 is 35.0 Å². The Morgan fingerprint density at radius 3 is 2.48 bits per heavy atom. The molecule has 1 fully saturated rings. The van der Waals surface area contributed by atoms with Gasteiger partial charge in [0.15, 0.2) is 5.03 Å². The Morgan fingerprint density at radius 2 is 1.74 bits per heavy atom. The minimum absolute atomic E-state index is 0.0794. The van der Waals surface area contributed by atoms with E-state index in [0.717, 1.165) is 29.4 Å². The van der Waals surface area contributed by atoms with Crippen LogP contribution in [0.3, 0.4) is 0 Å². The fourth-order valence-electron chi connectivity index (χ4n) is 3.33. The quantitative estimate of drug-likeness (QED) is 0.504. The van der Waals surface area contributed by atoms with Gasteiger partial charge in [-0.1, -0.05) is 53.2 Å². The number of thioether (sulfide) groups is 1. The highest BCUT2D eigenvalue weighted by Gasteiger charge is 2.23. The van der Waals surface area contributed by atoms with Crippen LogP contribution in [0.4, 0.5) is 5.69 Å². The zero-order chi connectivity index (χ0) is 21.6. The number of rotatable bonds is 6. The van der Waals surface area contributed by atoms with Gasteiger partial charge in [-0.2, -0.15) is 0 Å². The van der Waals surface area contributed by atoms with Gasteiger partial charge in [-0.05, 0) is 31.2 Å². The Bertz CT molecular complexity index is 1040. The normalized spacial score (nSPS) is 13.9. The molecule has 0 saturated carbocycles. The fourth-order valence-corrected chi connectivity index (χ4v) is 4.38. The summed E-state index contributed by atoms with van der Waals surface area (Å²) in [6.45, 7) is 4.86. The molecule has 0 bridgehead atoms. The summed E-state index contributed by atoms with van der Waals surface area (Å²) < 4.78 is 5.88. The van der Waals surface area contributed by atoms with E-state index in [2.05, 4.69) is 14.9 Å². The Balaban J connectivity index is 1.32. The highest BCUT2D eigenvalue weighted by atomic mass is 35.5. The number of piperazine rings is 1. The van der Waals surface area contributed by atoms with Crippen LogP contribution in [0.15, 0.2) is 66.0 Å². The van der Waals surface area contributed by atoms with Crippen LogP contribution in [-0.4, -0.2) is 52.7 Å². The third-order valence-corrected chi connectivity index (χ3v) is 6.29. The molecule has 1 aliphatic rings. The number of hydrogen-bond acceptors (Lipinski definition) is 6. The molecule has 1 amide bonds. The van der Waals surface area contributed by atoms with Crippen LogP contribution in [0.5, 0.6) is 11.6 Å². The zero-order valence-corrected chi connectivity index (χ0v) is 18.8. The van der Waals surface area contributed by atoms with Crippen LogP contribution in [0.25, 0.3) is 0 Å². The van der Waals surface area contributed by atoms with E-state index in [4.69, 9.17) is 16.3 Å². The van der Waals surface area contributed by atoms with Crippen LogP contribution >= 0.6 is 23.4 Å². The largest absolute Gasteiger partial charge is 0.437 e. The smallest absolute Gasteiger partial charge is 0.252 e. The van der Waals surface area contributed by atoms with Gasteiger partial charge >= 0.3 is 0 Å². The monoisotopic (exact) mass is 454 g/mol. The van der Waals surface area contributed by atoms with Gasteiger partial charge < -0.3 is 14.5 Å². The molecule has 0 unspecified atom stereocenters. The Kier molecular flexibility index (Phi) is 6.94. The third-order valence-electron chi connectivity index (χ3n) is 5.03. The molecule has 1 saturated heterocycles. The minimum atomic E-state index is 0.0794. The van der Waals surface area contributed by atoms with Crippen molar-refractivity contribution < 1.29 is 9.53 Å². The number of carbonyl (C=O) groups is 1. The number of nitrogens with zero attached hydrogens (tertiary/aromatic N) is 4. The number of anilines is 1. The molecule has 1 aromatic heterocycles. The highest BCUT2D eigenvalue weighted by Crippen LogP contribution is 2.30. The molecule has 1 aliphatic heterocycles. The Morgan fingerprint density at radius 1 is 1.03 bits per heavy atom. The van der Waals surface area contributed by atoms with E-state index in [-0.39, 0.29) is 11.7 Å². The molecule has 2 aromatic carbocycles. The SMILES string of the molecule is Cc1ccc(Oc2nccnc2SCC(=O)N2CCN(c3ccccc3Cl)CC2)cc1. The van der Waals surface area contributed by atoms with E-state index in [1.165, 1.54) is 11.8 Å². The second kappa shape index (κ2) is 10.0. The van der Waals surface area contributed by atoms with Crippen molar-refractivity contribution in [1.29, 1.82) is 0 Å². The maximum atomic E-state index is 12.8.